The number of nitrogens with zero attached hydrogens (tertiary/aromatic N) is 3. The average Bonchev–Trinajstić information content (AvgIpc) is 3.01. The summed E-state index contributed by atoms with van der Waals surface area (Å²) < 4.78 is 0. The van der Waals surface area contributed by atoms with Crippen LogP contribution in [0.1, 0.15) is 37.8 Å². The molecule has 0 amide bonds. The minimum atomic E-state index is -0.229. The summed E-state index contributed by atoms with van der Waals surface area (Å²) in [5, 5.41) is 9.59. The number of hydrogen-bond acceptors (Lipinski definition) is 5. The summed E-state index contributed by atoms with van der Waals surface area (Å²) in [4.78, 5) is 8.72. The van der Waals surface area contributed by atoms with Gasteiger partial charge in [0.05, 0.1) is 11.2 Å². The first kappa shape index (κ1) is 10.9. The molecule has 0 unspecified atom stereocenters. The first-order chi connectivity index (χ1) is 8.28. The van der Waals surface area contributed by atoms with E-state index in [0.29, 0.717) is 0 Å². The number of aromatic amines is 1. The minimum absolute atomic E-state index is 0.229. The van der Waals surface area contributed by atoms with Crippen LogP contribution in [0.15, 0.2) is 11.7 Å². The zero-order valence-electron chi connectivity index (χ0n) is 9.52. The van der Waals surface area contributed by atoms with Crippen LogP contribution >= 0.6 is 11.3 Å². The molecular formula is C11H15N5S. The Morgan fingerprint density at radius 1 is 1.29 bits per heavy atom. The Hall–Kier alpha value is -1.27. The van der Waals surface area contributed by atoms with Gasteiger partial charge in [0.15, 0.2) is 10.8 Å². The minimum Gasteiger partial charge on any atom is -0.320 e. The molecule has 6 heteroatoms. The summed E-state index contributed by atoms with van der Waals surface area (Å²) in [6, 6.07) is 0. The van der Waals surface area contributed by atoms with Crippen LogP contribution in [0.2, 0.25) is 0 Å². The van der Waals surface area contributed by atoms with Gasteiger partial charge in [0, 0.05) is 5.38 Å². The Labute approximate surface area is 103 Å². The molecule has 17 heavy (non-hydrogen) atoms. The molecule has 3 N–H and O–H groups in total. The van der Waals surface area contributed by atoms with Crippen LogP contribution in [0.3, 0.4) is 0 Å². The topological polar surface area (TPSA) is 80.5 Å². The van der Waals surface area contributed by atoms with Crippen LogP contribution in [0, 0.1) is 0 Å². The van der Waals surface area contributed by atoms with E-state index in [9.17, 15) is 0 Å². The smallest absolute Gasteiger partial charge is 0.184 e. The van der Waals surface area contributed by atoms with Gasteiger partial charge < -0.3 is 5.73 Å². The first-order valence-electron chi connectivity index (χ1n) is 5.89. The molecule has 0 aromatic carbocycles. The molecule has 3 rings (SSSR count). The van der Waals surface area contributed by atoms with Crippen molar-refractivity contribution >= 4 is 11.3 Å². The maximum atomic E-state index is 6.45. The third-order valence-electron chi connectivity index (χ3n) is 3.38. The molecule has 1 saturated carbocycles. The molecule has 0 atom stereocenters. The van der Waals surface area contributed by atoms with Gasteiger partial charge in [0.1, 0.15) is 6.33 Å². The summed E-state index contributed by atoms with van der Waals surface area (Å²) in [5.41, 5.74) is 7.22. The van der Waals surface area contributed by atoms with Crippen LogP contribution in [0.25, 0.3) is 10.8 Å². The van der Waals surface area contributed by atoms with Gasteiger partial charge in [-0.05, 0) is 12.8 Å². The third-order valence-corrected chi connectivity index (χ3v) is 4.23. The predicted octanol–water partition coefficient (Wildman–Crippen LogP) is 2.05. The Morgan fingerprint density at radius 3 is 2.82 bits per heavy atom. The Balaban J connectivity index is 1.89. The number of thiazole rings is 1. The number of aromatic nitrogens is 4. The molecule has 0 bridgehead atoms. The van der Waals surface area contributed by atoms with Crippen molar-refractivity contribution in [2.75, 3.05) is 0 Å². The van der Waals surface area contributed by atoms with Crippen molar-refractivity contribution in [3.05, 3.63) is 17.4 Å². The molecule has 1 aliphatic carbocycles. The van der Waals surface area contributed by atoms with E-state index in [2.05, 4.69) is 25.5 Å². The summed E-state index contributed by atoms with van der Waals surface area (Å²) in [6.45, 7) is 0. The van der Waals surface area contributed by atoms with Gasteiger partial charge in [-0.2, -0.15) is 5.10 Å². The highest BCUT2D eigenvalue weighted by Gasteiger charge is 2.31. The fourth-order valence-electron chi connectivity index (χ4n) is 2.36. The van der Waals surface area contributed by atoms with Gasteiger partial charge in [0.25, 0.3) is 0 Å². The molecule has 2 aromatic heterocycles. The molecule has 2 aromatic rings. The van der Waals surface area contributed by atoms with Gasteiger partial charge >= 0.3 is 0 Å². The van der Waals surface area contributed by atoms with Crippen molar-refractivity contribution < 1.29 is 0 Å². The lowest BCUT2D eigenvalue weighted by molar-refractivity contribution is 0.296. The van der Waals surface area contributed by atoms with E-state index in [1.54, 1.807) is 11.3 Å². The molecule has 1 aliphatic rings. The fraction of sp³-hybridized carbons (Fsp3) is 0.545. The quantitative estimate of drug-likeness (QED) is 0.853. The van der Waals surface area contributed by atoms with Crippen LogP contribution in [0.4, 0.5) is 0 Å². The Kier molecular flexibility index (Phi) is 2.68. The highest BCUT2D eigenvalue weighted by atomic mass is 32.1. The van der Waals surface area contributed by atoms with Gasteiger partial charge in [-0.15, -0.1) is 11.3 Å². The molecule has 90 valence electrons. The van der Waals surface area contributed by atoms with E-state index in [1.807, 2.05) is 0 Å². The number of nitrogens with one attached hydrogen (secondary N) is 1. The van der Waals surface area contributed by atoms with Crippen molar-refractivity contribution in [3.63, 3.8) is 0 Å². The SMILES string of the molecule is NC1(c2csc(-c3ncn[nH]3)n2)CCCCC1. The molecule has 2 heterocycles. The standard InChI is InChI=1S/C11H15N5S/c12-11(4-2-1-3-5-11)8-6-17-10(15-8)9-13-7-14-16-9/h6-7H,1-5,12H2,(H,13,14,16). The third kappa shape index (κ3) is 1.98. The predicted molar refractivity (Wildman–Crippen MR) is 66.4 cm³/mol. The molecule has 0 spiro atoms. The van der Waals surface area contributed by atoms with E-state index in [4.69, 9.17) is 5.73 Å². The first-order valence-corrected chi connectivity index (χ1v) is 6.76. The maximum Gasteiger partial charge on any atom is 0.184 e. The monoisotopic (exact) mass is 249 g/mol. The van der Waals surface area contributed by atoms with E-state index >= 15 is 0 Å². The second kappa shape index (κ2) is 4.19. The molecule has 0 aliphatic heterocycles. The lowest BCUT2D eigenvalue weighted by Gasteiger charge is -2.31. The summed E-state index contributed by atoms with van der Waals surface area (Å²) in [6.07, 6.45) is 7.25. The summed E-state index contributed by atoms with van der Waals surface area (Å²) in [5.74, 6) is 0.723. The van der Waals surface area contributed by atoms with Crippen molar-refractivity contribution in [1.82, 2.24) is 20.2 Å². The van der Waals surface area contributed by atoms with E-state index in [0.717, 1.165) is 29.4 Å². The summed E-state index contributed by atoms with van der Waals surface area (Å²) >= 11 is 1.57. The number of H-pyrrole nitrogens is 1. The van der Waals surface area contributed by atoms with Gasteiger partial charge in [-0.1, -0.05) is 19.3 Å². The Bertz CT molecular complexity index is 484. The molecular weight excluding hydrogens is 234 g/mol. The highest BCUT2D eigenvalue weighted by Crippen LogP contribution is 2.36. The van der Waals surface area contributed by atoms with Crippen LogP contribution in [-0.2, 0) is 5.54 Å². The second-order valence-corrected chi connectivity index (χ2v) is 5.45. The van der Waals surface area contributed by atoms with Crippen LogP contribution in [0.5, 0.6) is 0 Å². The fourth-order valence-corrected chi connectivity index (χ4v) is 3.23. The van der Waals surface area contributed by atoms with Gasteiger partial charge in [-0.25, -0.2) is 9.97 Å². The van der Waals surface area contributed by atoms with Gasteiger partial charge in [-0.3, -0.25) is 5.10 Å². The van der Waals surface area contributed by atoms with Crippen molar-refractivity contribution in [2.24, 2.45) is 5.73 Å². The van der Waals surface area contributed by atoms with Crippen molar-refractivity contribution in [3.8, 4) is 10.8 Å². The van der Waals surface area contributed by atoms with E-state index < -0.39 is 0 Å². The Morgan fingerprint density at radius 2 is 2.12 bits per heavy atom. The lowest BCUT2D eigenvalue weighted by Crippen LogP contribution is -2.38. The van der Waals surface area contributed by atoms with Crippen LogP contribution < -0.4 is 5.73 Å². The number of hydrogen-bond donors (Lipinski definition) is 2. The summed E-state index contributed by atoms with van der Waals surface area (Å²) in [7, 11) is 0. The van der Waals surface area contributed by atoms with Crippen LogP contribution in [-0.4, -0.2) is 20.2 Å². The van der Waals surface area contributed by atoms with E-state index in [1.165, 1.54) is 25.6 Å². The molecule has 0 saturated heterocycles. The highest BCUT2D eigenvalue weighted by molar-refractivity contribution is 7.13. The normalized spacial score (nSPS) is 19.4. The molecule has 5 nitrogen and oxygen atoms in total. The number of rotatable bonds is 2. The maximum absolute atomic E-state index is 6.45. The molecule has 0 radical (unpaired) electrons. The average molecular weight is 249 g/mol. The van der Waals surface area contributed by atoms with Crippen molar-refractivity contribution in [2.45, 2.75) is 37.6 Å². The zero-order chi connectivity index (χ0) is 11.7. The van der Waals surface area contributed by atoms with Gasteiger partial charge in [0.2, 0.25) is 0 Å². The number of nitrogens with two attached hydrogens (primary N) is 1. The molecule has 1 fully saturated rings. The second-order valence-electron chi connectivity index (χ2n) is 4.59. The lowest BCUT2D eigenvalue weighted by atomic mass is 9.81. The van der Waals surface area contributed by atoms with E-state index in [-0.39, 0.29) is 5.54 Å². The largest absolute Gasteiger partial charge is 0.320 e. The zero-order valence-corrected chi connectivity index (χ0v) is 10.3. The van der Waals surface area contributed by atoms with Crippen molar-refractivity contribution in [1.29, 1.82) is 0 Å².